The van der Waals surface area contributed by atoms with E-state index in [9.17, 15) is 19.8 Å². The van der Waals surface area contributed by atoms with Crippen LogP contribution in [0.2, 0.25) is 0 Å². The minimum Gasteiger partial charge on any atom is -0.472 e. The van der Waals surface area contributed by atoms with Crippen molar-refractivity contribution in [1.29, 1.82) is 0 Å². The Hall–Kier alpha value is -2.64. The van der Waals surface area contributed by atoms with E-state index in [1.807, 2.05) is 13.0 Å². The van der Waals surface area contributed by atoms with E-state index < -0.39 is 29.8 Å². The van der Waals surface area contributed by atoms with Crippen LogP contribution >= 0.6 is 0 Å². The molecule has 33 heavy (non-hydrogen) atoms. The molecule has 4 rings (SSSR count). The lowest BCUT2D eigenvalue weighted by Crippen LogP contribution is -2.42. The highest BCUT2D eigenvalue weighted by Gasteiger charge is 2.54. The van der Waals surface area contributed by atoms with Gasteiger partial charge in [-0.15, -0.1) is 0 Å². The van der Waals surface area contributed by atoms with Crippen molar-refractivity contribution in [3.63, 3.8) is 0 Å². The maximum Gasteiger partial charge on any atom is 0.338 e. The predicted molar refractivity (Wildman–Crippen MR) is 121 cm³/mol. The molecule has 0 bridgehead atoms. The van der Waals surface area contributed by atoms with Crippen LogP contribution < -0.4 is 5.32 Å². The Balaban J connectivity index is 1.65. The fraction of sp³-hybridized carbons (Fsp3) is 0.538. The third-order valence-electron chi connectivity index (χ3n) is 7.21. The quantitative estimate of drug-likeness (QED) is 0.596. The highest BCUT2D eigenvalue weighted by Crippen LogP contribution is 2.57. The summed E-state index contributed by atoms with van der Waals surface area (Å²) in [6, 6.07) is 7.91. The first-order valence-electron chi connectivity index (χ1n) is 11.5. The molecule has 7 heteroatoms. The first-order chi connectivity index (χ1) is 15.5. The van der Waals surface area contributed by atoms with Crippen LogP contribution in [0.25, 0.3) is 0 Å². The first kappa shape index (κ1) is 23.5. The lowest BCUT2D eigenvalue weighted by atomic mass is 9.78. The Kier molecular flexibility index (Phi) is 6.14. The molecule has 0 spiro atoms. The second-order valence-corrected chi connectivity index (χ2v) is 10.6. The van der Waals surface area contributed by atoms with E-state index in [2.05, 4.69) is 19.2 Å². The van der Waals surface area contributed by atoms with Gasteiger partial charge in [0.05, 0.1) is 24.2 Å². The van der Waals surface area contributed by atoms with Crippen LogP contribution in [0, 0.1) is 17.3 Å². The normalized spacial score (nSPS) is 29.8. The van der Waals surface area contributed by atoms with Crippen molar-refractivity contribution in [2.75, 3.05) is 0 Å². The van der Waals surface area contributed by atoms with Gasteiger partial charge in [0, 0.05) is 30.4 Å². The van der Waals surface area contributed by atoms with Gasteiger partial charge in [0.15, 0.2) is 6.10 Å². The minimum absolute atomic E-state index is 0.0212. The molecule has 0 aliphatic heterocycles. The zero-order valence-corrected chi connectivity index (χ0v) is 19.6. The molecule has 1 aromatic carbocycles. The molecule has 1 aromatic heterocycles. The fourth-order valence-corrected chi connectivity index (χ4v) is 5.79. The van der Waals surface area contributed by atoms with Crippen molar-refractivity contribution in [1.82, 2.24) is 5.32 Å². The molecule has 3 N–H and O–H groups in total. The van der Waals surface area contributed by atoms with Crippen LogP contribution in [0.4, 0.5) is 0 Å². The molecule has 1 saturated carbocycles. The number of aliphatic hydroxyl groups is 2. The third kappa shape index (κ3) is 4.70. The van der Waals surface area contributed by atoms with Gasteiger partial charge >= 0.3 is 5.97 Å². The molecule has 1 fully saturated rings. The Morgan fingerprint density at radius 1 is 1.15 bits per heavy atom. The summed E-state index contributed by atoms with van der Waals surface area (Å²) in [4.78, 5) is 25.0. The summed E-state index contributed by atoms with van der Waals surface area (Å²) >= 11 is 0. The monoisotopic (exact) mass is 455 g/mol. The zero-order chi connectivity index (χ0) is 24.0. The third-order valence-corrected chi connectivity index (χ3v) is 7.21. The number of amides is 1. The fourth-order valence-electron chi connectivity index (χ4n) is 5.79. The maximum atomic E-state index is 13.2. The van der Waals surface area contributed by atoms with E-state index in [0.29, 0.717) is 12.0 Å². The van der Waals surface area contributed by atoms with E-state index in [0.717, 1.165) is 24.0 Å². The molecule has 0 radical (unpaired) electrons. The largest absolute Gasteiger partial charge is 0.472 e. The number of ether oxygens (including phenoxy) is 1. The summed E-state index contributed by atoms with van der Waals surface area (Å²) < 4.78 is 11.4. The number of benzene rings is 1. The maximum absolute atomic E-state index is 13.2. The van der Waals surface area contributed by atoms with Crippen molar-refractivity contribution in [3.8, 4) is 0 Å². The van der Waals surface area contributed by atoms with Crippen LogP contribution in [0.5, 0.6) is 0 Å². The van der Waals surface area contributed by atoms with Gasteiger partial charge in [0.2, 0.25) is 5.91 Å². The van der Waals surface area contributed by atoms with Crippen LogP contribution in [0.3, 0.4) is 0 Å². The Morgan fingerprint density at radius 2 is 1.85 bits per heavy atom. The smallest absolute Gasteiger partial charge is 0.338 e. The van der Waals surface area contributed by atoms with Gasteiger partial charge < -0.3 is 24.7 Å². The highest BCUT2D eigenvalue weighted by molar-refractivity contribution is 5.79. The number of carbonyl (C=O) groups excluding carboxylic acids is 2. The van der Waals surface area contributed by atoms with Crippen LogP contribution in [-0.2, 0) is 20.7 Å². The van der Waals surface area contributed by atoms with Crippen molar-refractivity contribution >= 4 is 11.9 Å². The highest BCUT2D eigenvalue weighted by atomic mass is 16.6. The molecular weight excluding hydrogens is 422 g/mol. The number of rotatable bonds is 5. The standard InChI is InChI=1S/C26H33NO6/c1-15(28)27-21(16-8-6-5-7-9-16)22(29)24(30)33-23-18-11-25(2,3)12-20(18)26(4,31)10-17-13-32-14-19(17)23/h5-9,13-14,18,20-23,29,31H,10-12H2,1-4H3,(H,27,28). The van der Waals surface area contributed by atoms with Gasteiger partial charge in [-0.3, -0.25) is 4.79 Å². The summed E-state index contributed by atoms with van der Waals surface area (Å²) in [5.74, 6) is -1.38. The average Bonchev–Trinajstić information content (AvgIpc) is 3.31. The van der Waals surface area contributed by atoms with Gasteiger partial charge in [0.25, 0.3) is 0 Å². The molecule has 6 unspecified atom stereocenters. The number of aliphatic hydroxyl groups excluding tert-OH is 1. The Labute approximate surface area is 194 Å². The number of carbonyl (C=O) groups is 2. The van der Waals surface area contributed by atoms with Gasteiger partial charge in [-0.25, -0.2) is 4.79 Å². The second kappa shape index (κ2) is 8.61. The van der Waals surface area contributed by atoms with Crippen LogP contribution in [0.15, 0.2) is 47.3 Å². The number of hydrogen-bond donors (Lipinski definition) is 3. The van der Waals surface area contributed by atoms with E-state index in [1.54, 1.807) is 36.8 Å². The lowest BCUT2D eigenvalue weighted by Gasteiger charge is -2.34. The van der Waals surface area contributed by atoms with E-state index in [4.69, 9.17) is 9.15 Å². The molecule has 1 heterocycles. The SMILES string of the molecule is CC(=O)NC(c1ccccc1)C(O)C(=O)OC1c2cocc2CC(C)(O)C2CC(C)(C)CC12. The Morgan fingerprint density at radius 3 is 2.52 bits per heavy atom. The van der Waals surface area contributed by atoms with Crippen LogP contribution in [0.1, 0.15) is 69.4 Å². The molecule has 2 aliphatic rings. The molecule has 6 atom stereocenters. The van der Waals surface area contributed by atoms with Crippen molar-refractivity contribution in [2.24, 2.45) is 17.3 Å². The lowest BCUT2D eigenvalue weighted by molar-refractivity contribution is -0.167. The number of hydrogen-bond acceptors (Lipinski definition) is 6. The van der Waals surface area contributed by atoms with Crippen molar-refractivity contribution < 1.29 is 29.0 Å². The molecule has 2 aliphatic carbocycles. The minimum atomic E-state index is -1.59. The molecule has 7 nitrogen and oxygen atoms in total. The second-order valence-electron chi connectivity index (χ2n) is 10.6. The summed E-state index contributed by atoms with van der Waals surface area (Å²) in [6.45, 7) is 7.49. The van der Waals surface area contributed by atoms with Gasteiger partial charge in [-0.1, -0.05) is 44.2 Å². The number of esters is 1. The Bertz CT molecular complexity index is 1010. The van der Waals surface area contributed by atoms with Crippen LogP contribution in [-0.4, -0.2) is 33.8 Å². The van der Waals surface area contributed by atoms with E-state index in [1.165, 1.54) is 6.92 Å². The summed E-state index contributed by atoms with van der Waals surface area (Å²) in [5.41, 5.74) is 1.15. The van der Waals surface area contributed by atoms with E-state index >= 15 is 0 Å². The summed E-state index contributed by atoms with van der Waals surface area (Å²) in [6.07, 6.45) is 2.90. The summed E-state index contributed by atoms with van der Waals surface area (Å²) in [5, 5.41) is 25.0. The topological polar surface area (TPSA) is 109 Å². The number of nitrogens with one attached hydrogen (secondary N) is 1. The zero-order valence-electron chi connectivity index (χ0n) is 19.6. The molecular formula is C26H33NO6. The predicted octanol–water partition coefficient (Wildman–Crippen LogP) is 3.46. The number of furan rings is 1. The van der Waals surface area contributed by atoms with Gasteiger partial charge in [-0.05, 0) is 36.7 Å². The van der Waals surface area contributed by atoms with E-state index in [-0.39, 0.29) is 23.2 Å². The van der Waals surface area contributed by atoms with Gasteiger partial charge in [0.1, 0.15) is 6.10 Å². The first-order valence-corrected chi connectivity index (χ1v) is 11.5. The average molecular weight is 456 g/mol. The summed E-state index contributed by atoms with van der Waals surface area (Å²) in [7, 11) is 0. The molecule has 1 amide bonds. The molecule has 0 saturated heterocycles. The van der Waals surface area contributed by atoms with Crippen molar-refractivity contribution in [3.05, 3.63) is 59.5 Å². The number of fused-ring (bicyclic) bond motifs is 2. The molecule has 178 valence electrons. The van der Waals surface area contributed by atoms with Crippen molar-refractivity contribution in [2.45, 2.75) is 70.8 Å². The van der Waals surface area contributed by atoms with Gasteiger partial charge in [-0.2, -0.15) is 0 Å². The molecule has 2 aromatic rings.